The van der Waals surface area contributed by atoms with E-state index in [-0.39, 0.29) is 0 Å². The number of hydrogen-bond acceptors (Lipinski definition) is 1. The van der Waals surface area contributed by atoms with Gasteiger partial charge in [-0.15, -0.1) is 0 Å². The summed E-state index contributed by atoms with van der Waals surface area (Å²) in [6.07, 6.45) is 6.23. The second kappa shape index (κ2) is 6.04. The fourth-order valence-corrected chi connectivity index (χ4v) is 7.92. The van der Waals surface area contributed by atoms with Gasteiger partial charge in [-0.1, -0.05) is 19.1 Å². The summed E-state index contributed by atoms with van der Waals surface area (Å²) in [4.78, 5) is 0. The molecule has 0 bridgehead atoms. The number of fused-ring (bicyclic) bond motifs is 5. The maximum absolute atomic E-state index is 13.3. The van der Waals surface area contributed by atoms with Crippen molar-refractivity contribution in [2.24, 2.45) is 40.9 Å². The number of allylic oxidation sites excluding steroid dienone is 1. The number of alkyl halides is 2. The highest BCUT2D eigenvalue weighted by Gasteiger charge is 2.58. The molecular weight excluding hydrogens is 318 g/mol. The number of hydrogen-bond donors (Lipinski definition) is 1. The van der Waals surface area contributed by atoms with E-state index in [0.717, 1.165) is 24.7 Å². The van der Waals surface area contributed by atoms with Gasteiger partial charge in [0.2, 0.25) is 0 Å². The minimum absolute atomic E-state index is 0.297. The summed E-state index contributed by atoms with van der Waals surface area (Å²) in [5.74, 6) is 3.85. The molecule has 0 aliphatic heterocycles. The molecule has 0 spiro atoms. The fraction of sp³-hybridized carbons (Fsp3) is 0.909. The molecule has 4 aliphatic carbocycles. The van der Waals surface area contributed by atoms with Gasteiger partial charge in [0, 0.05) is 0 Å². The zero-order valence-electron chi connectivity index (χ0n) is 15.8. The van der Waals surface area contributed by atoms with Crippen LogP contribution < -0.4 is 0 Å². The Hall–Kier alpha value is -0.440. The Bertz CT molecular complexity index is 546. The van der Waals surface area contributed by atoms with Crippen LogP contribution in [-0.2, 0) is 0 Å². The van der Waals surface area contributed by atoms with Crippen molar-refractivity contribution in [1.82, 2.24) is 0 Å². The van der Waals surface area contributed by atoms with Crippen LogP contribution in [-0.4, -0.2) is 17.1 Å². The van der Waals surface area contributed by atoms with Gasteiger partial charge in [-0.3, -0.25) is 0 Å². The molecule has 1 nitrogen and oxygen atoms in total. The van der Waals surface area contributed by atoms with Crippen molar-refractivity contribution in [3.8, 4) is 0 Å². The number of halogens is 2. The Morgan fingerprint density at radius 2 is 1.72 bits per heavy atom. The van der Waals surface area contributed by atoms with E-state index < -0.39 is 12.0 Å². The molecular formula is C22H34F2O. The first kappa shape index (κ1) is 17.9. The predicted molar refractivity (Wildman–Crippen MR) is 96.4 cm³/mol. The average Bonchev–Trinajstić information content (AvgIpc) is 2.91. The third kappa shape index (κ3) is 2.63. The van der Waals surface area contributed by atoms with E-state index in [1.54, 1.807) is 0 Å². The van der Waals surface area contributed by atoms with E-state index in [1.165, 1.54) is 37.7 Å². The lowest BCUT2D eigenvalue weighted by atomic mass is 9.48. The quantitative estimate of drug-likeness (QED) is 0.620. The van der Waals surface area contributed by atoms with E-state index in [9.17, 15) is 13.9 Å². The van der Waals surface area contributed by atoms with Gasteiger partial charge in [-0.05, 0) is 106 Å². The Labute approximate surface area is 151 Å². The van der Waals surface area contributed by atoms with Crippen molar-refractivity contribution >= 4 is 0 Å². The second-order valence-electron chi connectivity index (χ2n) is 10.1. The van der Waals surface area contributed by atoms with Gasteiger partial charge in [0.05, 0.1) is 0 Å². The van der Waals surface area contributed by atoms with Crippen molar-refractivity contribution in [3.63, 3.8) is 0 Å². The first-order chi connectivity index (χ1) is 11.8. The first-order valence-corrected chi connectivity index (χ1v) is 10.4. The Kier molecular flexibility index (Phi) is 4.34. The van der Waals surface area contributed by atoms with Crippen LogP contribution in [0, 0.1) is 40.9 Å². The van der Waals surface area contributed by atoms with Crippen LogP contribution in [0.1, 0.15) is 71.6 Å². The molecule has 0 unspecified atom stereocenters. The largest absolute Gasteiger partial charge is 0.384 e. The van der Waals surface area contributed by atoms with Gasteiger partial charge in [-0.25, -0.2) is 8.78 Å². The van der Waals surface area contributed by atoms with Crippen LogP contribution in [0.25, 0.3) is 0 Å². The molecule has 25 heavy (non-hydrogen) atoms. The highest BCUT2D eigenvalue weighted by molar-refractivity contribution is 5.14. The van der Waals surface area contributed by atoms with Crippen molar-refractivity contribution in [1.29, 1.82) is 0 Å². The van der Waals surface area contributed by atoms with Crippen LogP contribution in [0.5, 0.6) is 0 Å². The second-order valence-corrected chi connectivity index (χ2v) is 10.1. The van der Waals surface area contributed by atoms with Gasteiger partial charge in [-0.2, -0.15) is 0 Å². The molecule has 0 aromatic rings. The molecule has 3 heteroatoms. The molecule has 0 amide bonds. The van der Waals surface area contributed by atoms with E-state index in [0.29, 0.717) is 41.9 Å². The molecule has 8 atom stereocenters. The van der Waals surface area contributed by atoms with Gasteiger partial charge in [0.15, 0.2) is 0 Å². The molecule has 4 saturated carbocycles. The van der Waals surface area contributed by atoms with Crippen LogP contribution in [0.15, 0.2) is 12.2 Å². The van der Waals surface area contributed by atoms with Gasteiger partial charge >= 0.3 is 0 Å². The maximum Gasteiger partial charge on any atom is 0.266 e. The maximum atomic E-state index is 13.3. The lowest BCUT2D eigenvalue weighted by molar-refractivity contribution is -0.158. The molecule has 0 aromatic heterocycles. The number of rotatable bonds is 2. The summed E-state index contributed by atoms with van der Waals surface area (Å²) in [6, 6.07) is 0. The van der Waals surface area contributed by atoms with E-state index >= 15 is 0 Å². The molecule has 1 N–H and O–H groups in total. The summed E-state index contributed by atoms with van der Waals surface area (Å²) < 4.78 is 26.6. The zero-order chi connectivity index (χ0) is 18.0. The van der Waals surface area contributed by atoms with E-state index in [2.05, 4.69) is 20.4 Å². The Morgan fingerprint density at radius 1 is 1.00 bits per heavy atom. The molecule has 0 aromatic carbocycles. The highest BCUT2D eigenvalue weighted by Crippen LogP contribution is 2.65. The van der Waals surface area contributed by atoms with Crippen LogP contribution in [0.3, 0.4) is 0 Å². The molecule has 4 fully saturated rings. The normalized spacial score (nSPS) is 52.4. The lowest BCUT2D eigenvalue weighted by Gasteiger charge is -2.57. The van der Waals surface area contributed by atoms with Crippen LogP contribution >= 0.6 is 0 Å². The van der Waals surface area contributed by atoms with Crippen LogP contribution in [0.4, 0.5) is 8.78 Å². The van der Waals surface area contributed by atoms with Crippen molar-refractivity contribution in [3.05, 3.63) is 12.2 Å². The van der Waals surface area contributed by atoms with E-state index in [1.807, 2.05) is 0 Å². The van der Waals surface area contributed by atoms with Crippen molar-refractivity contribution in [2.75, 3.05) is 0 Å². The van der Waals surface area contributed by atoms with Crippen LogP contribution in [0.2, 0.25) is 0 Å². The van der Waals surface area contributed by atoms with Crippen molar-refractivity contribution < 1.29 is 13.9 Å². The third-order valence-electron chi connectivity index (χ3n) is 9.05. The summed E-state index contributed by atoms with van der Waals surface area (Å²) in [5.41, 5.74) is 0.0603. The summed E-state index contributed by atoms with van der Waals surface area (Å²) >= 11 is 0. The molecule has 0 heterocycles. The molecule has 4 aliphatic rings. The number of aliphatic hydroxyl groups is 1. The summed E-state index contributed by atoms with van der Waals surface area (Å²) in [7, 11) is 0. The first-order valence-electron chi connectivity index (χ1n) is 10.4. The Morgan fingerprint density at radius 3 is 2.40 bits per heavy atom. The molecule has 0 radical (unpaired) electrons. The monoisotopic (exact) mass is 352 g/mol. The topological polar surface area (TPSA) is 20.2 Å². The highest BCUT2D eigenvalue weighted by atomic mass is 19.3. The molecule has 4 rings (SSSR count). The minimum atomic E-state index is -2.59. The van der Waals surface area contributed by atoms with Crippen molar-refractivity contribution in [2.45, 2.75) is 83.7 Å². The molecule has 142 valence electrons. The van der Waals surface area contributed by atoms with Gasteiger partial charge in [0.25, 0.3) is 6.43 Å². The van der Waals surface area contributed by atoms with Gasteiger partial charge < -0.3 is 5.11 Å². The lowest BCUT2D eigenvalue weighted by Crippen LogP contribution is -2.52. The average molecular weight is 353 g/mol. The minimum Gasteiger partial charge on any atom is -0.384 e. The van der Waals surface area contributed by atoms with Gasteiger partial charge in [0.1, 0.15) is 5.60 Å². The summed E-state index contributed by atoms with van der Waals surface area (Å²) in [5, 5.41) is 10.3. The fourth-order valence-electron chi connectivity index (χ4n) is 7.92. The zero-order valence-corrected chi connectivity index (χ0v) is 15.8. The third-order valence-corrected chi connectivity index (χ3v) is 9.05. The predicted octanol–water partition coefficient (Wildman–Crippen LogP) is 5.83. The van der Waals surface area contributed by atoms with E-state index in [4.69, 9.17) is 0 Å². The SMILES string of the molecule is C=C(C)[C@H]1CC[C@H]2[C@@H]3CC[C@@H]4C[C@@](O)(C(F)F)CC[C@@H]4[C@H]3CC[C@]12C. The standard InChI is InChI=1S/C22H34F2O/c1-13(2)18-6-7-19-17-5-4-14-12-22(25,20(23)24)11-9-15(14)16(17)8-10-21(18,19)3/h14-20,25H,1,4-12H2,2-3H3/t14-,15+,16-,17-,18-,19+,21-,22-/m1/s1. The smallest absolute Gasteiger partial charge is 0.266 e. The Balaban J connectivity index is 1.53. The molecule has 0 saturated heterocycles. The summed E-state index contributed by atoms with van der Waals surface area (Å²) in [6.45, 7) is 8.98.